The van der Waals surface area contributed by atoms with Crippen LogP contribution in [0.15, 0.2) is 18.2 Å². The molecular formula is C13H18FNO3. The van der Waals surface area contributed by atoms with Crippen LogP contribution in [0, 0.1) is 5.82 Å². The fraction of sp³-hybridized carbons (Fsp3) is 0.462. The third kappa shape index (κ3) is 4.33. The van der Waals surface area contributed by atoms with Crippen molar-refractivity contribution in [3.63, 3.8) is 0 Å². The first kappa shape index (κ1) is 14.4. The topological polar surface area (TPSA) is 61.5 Å². The molecule has 5 heteroatoms. The second-order valence-corrected chi connectivity index (χ2v) is 4.00. The maximum atomic E-state index is 13.6. The normalized spacial score (nSPS) is 12.0. The number of rotatable bonds is 6. The largest absolute Gasteiger partial charge is 0.493 e. The van der Waals surface area contributed by atoms with E-state index in [4.69, 9.17) is 10.5 Å². The Morgan fingerprint density at radius 1 is 1.50 bits per heavy atom. The standard InChI is InChI=1S/C13H18FNO3/c1-9(15)11-6-5-10(8-12(11)14)18-7-3-4-13(16)17-2/h5-6,8-9H,3-4,7,15H2,1-2H3/t9-/m1/s1. The Hall–Kier alpha value is -1.62. The molecule has 0 bridgehead atoms. The van der Waals surface area contributed by atoms with Crippen molar-refractivity contribution in [2.75, 3.05) is 13.7 Å². The van der Waals surface area contributed by atoms with Gasteiger partial charge in [-0.2, -0.15) is 0 Å². The van der Waals surface area contributed by atoms with Crippen molar-refractivity contribution in [2.24, 2.45) is 5.73 Å². The number of esters is 1. The number of hydrogen-bond acceptors (Lipinski definition) is 4. The molecule has 1 rings (SSSR count). The summed E-state index contributed by atoms with van der Waals surface area (Å²) in [6.07, 6.45) is 0.820. The highest BCUT2D eigenvalue weighted by Gasteiger charge is 2.08. The molecule has 0 aliphatic rings. The van der Waals surface area contributed by atoms with Crippen LogP contribution in [0.25, 0.3) is 0 Å². The number of nitrogens with two attached hydrogens (primary N) is 1. The van der Waals surface area contributed by atoms with Gasteiger partial charge in [-0.1, -0.05) is 6.07 Å². The molecule has 1 aromatic carbocycles. The molecule has 0 amide bonds. The highest BCUT2D eigenvalue weighted by Crippen LogP contribution is 2.20. The van der Waals surface area contributed by atoms with Crippen LogP contribution in [0.1, 0.15) is 31.4 Å². The molecule has 0 aliphatic heterocycles. The van der Waals surface area contributed by atoms with Crippen LogP contribution in [0.5, 0.6) is 5.75 Å². The third-order valence-corrected chi connectivity index (χ3v) is 2.48. The predicted octanol–water partition coefficient (Wildman–Crippen LogP) is 2.18. The van der Waals surface area contributed by atoms with Gasteiger partial charge in [0.15, 0.2) is 0 Å². The van der Waals surface area contributed by atoms with Gasteiger partial charge in [0.05, 0.1) is 13.7 Å². The van der Waals surface area contributed by atoms with Crippen molar-refractivity contribution in [2.45, 2.75) is 25.8 Å². The molecule has 0 aromatic heterocycles. The minimum atomic E-state index is -0.379. The van der Waals surface area contributed by atoms with Crippen LogP contribution in [0.4, 0.5) is 4.39 Å². The van der Waals surface area contributed by atoms with E-state index in [1.54, 1.807) is 19.1 Å². The molecule has 0 saturated heterocycles. The first-order valence-electron chi connectivity index (χ1n) is 5.79. The van der Waals surface area contributed by atoms with E-state index in [-0.39, 0.29) is 24.2 Å². The van der Waals surface area contributed by atoms with E-state index >= 15 is 0 Å². The monoisotopic (exact) mass is 255 g/mol. The molecular weight excluding hydrogens is 237 g/mol. The molecule has 0 saturated carbocycles. The lowest BCUT2D eigenvalue weighted by atomic mass is 10.1. The summed E-state index contributed by atoms with van der Waals surface area (Å²) in [7, 11) is 1.34. The third-order valence-electron chi connectivity index (χ3n) is 2.48. The van der Waals surface area contributed by atoms with E-state index < -0.39 is 0 Å². The van der Waals surface area contributed by atoms with Crippen molar-refractivity contribution in [1.29, 1.82) is 0 Å². The van der Waals surface area contributed by atoms with Gasteiger partial charge in [-0.25, -0.2) is 4.39 Å². The van der Waals surface area contributed by atoms with E-state index in [0.29, 0.717) is 24.3 Å². The SMILES string of the molecule is COC(=O)CCCOc1ccc([C@@H](C)N)c(F)c1. The highest BCUT2D eigenvalue weighted by atomic mass is 19.1. The summed E-state index contributed by atoms with van der Waals surface area (Å²) >= 11 is 0. The Balaban J connectivity index is 2.44. The lowest BCUT2D eigenvalue weighted by molar-refractivity contribution is -0.140. The molecule has 100 valence electrons. The fourth-order valence-electron chi connectivity index (χ4n) is 1.48. The summed E-state index contributed by atoms with van der Waals surface area (Å²) in [5.41, 5.74) is 6.06. The number of ether oxygens (including phenoxy) is 2. The van der Waals surface area contributed by atoms with Crippen molar-refractivity contribution < 1.29 is 18.7 Å². The quantitative estimate of drug-likeness (QED) is 0.625. The lowest BCUT2D eigenvalue weighted by Gasteiger charge is -2.10. The number of hydrogen-bond donors (Lipinski definition) is 1. The highest BCUT2D eigenvalue weighted by molar-refractivity contribution is 5.69. The molecule has 0 unspecified atom stereocenters. The van der Waals surface area contributed by atoms with E-state index in [1.165, 1.54) is 13.2 Å². The van der Waals surface area contributed by atoms with Crippen LogP contribution in [0.3, 0.4) is 0 Å². The van der Waals surface area contributed by atoms with Gasteiger partial charge in [-0.05, 0) is 19.4 Å². The first-order chi connectivity index (χ1) is 8.54. The predicted molar refractivity (Wildman–Crippen MR) is 65.7 cm³/mol. The van der Waals surface area contributed by atoms with Gasteiger partial charge in [-0.3, -0.25) is 4.79 Å². The number of carbonyl (C=O) groups excluding carboxylic acids is 1. The Kier molecular flexibility index (Phi) is 5.58. The second-order valence-electron chi connectivity index (χ2n) is 4.00. The van der Waals surface area contributed by atoms with Gasteiger partial charge in [0.2, 0.25) is 0 Å². The maximum absolute atomic E-state index is 13.6. The van der Waals surface area contributed by atoms with Crippen LogP contribution in [-0.4, -0.2) is 19.7 Å². The summed E-state index contributed by atoms with van der Waals surface area (Å²) in [6, 6.07) is 4.23. The Bertz CT molecular complexity index is 407. The smallest absolute Gasteiger partial charge is 0.305 e. The van der Waals surface area contributed by atoms with Gasteiger partial charge >= 0.3 is 5.97 Å². The van der Waals surface area contributed by atoms with E-state index in [9.17, 15) is 9.18 Å². The molecule has 0 heterocycles. The zero-order valence-electron chi connectivity index (χ0n) is 10.6. The van der Waals surface area contributed by atoms with Crippen LogP contribution in [-0.2, 0) is 9.53 Å². The first-order valence-corrected chi connectivity index (χ1v) is 5.79. The molecule has 2 N–H and O–H groups in total. The van der Waals surface area contributed by atoms with Gasteiger partial charge in [0.1, 0.15) is 11.6 Å². The molecule has 0 fully saturated rings. The molecule has 1 atom stereocenters. The molecule has 0 aliphatic carbocycles. The van der Waals surface area contributed by atoms with E-state index in [1.807, 2.05) is 0 Å². The number of benzene rings is 1. The van der Waals surface area contributed by atoms with Crippen LogP contribution in [0.2, 0.25) is 0 Å². The zero-order valence-corrected chi connectivity index (χ0v) is 10.6. The molecule has 4 nitrogen and oxygen atoms in total. The second kappa shape index (κ2) is 6.96. The maximum Gasteiger partial charge on any atom is 0.305 e. The minimum absolute atomic E-state index is 0.280. The van der Waals surface area contributed by atoms with Crippen LogP contribution >= 0.6 is 0 Å². The molecule has 1 aromatic rings. The fourth-order valence-corrected chi connectivity index (χ4v) is 1.48. The summed E-state index contributed by atoms with van der Waals surface area (Å²) < 4.78 is 23.4. The Labute approximate surface area is 106 Å². The minimum Gasteiger partial charge on any atom is -0.493 e. The lowest BCUT2D eigenvalue weighted by Crippen LogP contribution is -2.08. The van der Waals surface area contributed by atoms with Crippen molar-refractivity contribution in [3.05, 3.63) is 29.6 Å². The number of methoxy groups -OCH3 is 1. The van der Waals surface area contributed by atoms with Gasteiger partial charge in [-0.15, -0.1) is 0 Å². The average Bonchev–Trinajstić information content (AvgIpc) is 2.34. The van der Waals surface area contributed by atoms with Crippen LogP contribution < -0.4 is 10.5 Å². The number of halogens is 1. The molecule has 0 radical (unpaired) electrons. The summed E-state index contributed by atoms with van der Waals surface area (Å²) in [5.74, 6) is -0.227. The molecule has 0 spiro atoms. The summed E-state index contributed by atoms with van der Waals surface area (Å²) in [5, 5.41) is 0. The van der Waals surface area contributed by atoms with Gasteiger partial charge in [0, 0.05) is 24.1 Å². The Morgan fingerprint density at radius 2 is 2.22 bits per heavy atom. The summed E-state index contributed by atoms with van der Waals surface area (Å²) in [6.45, 7) is 2.06. The van der Waals surface area contributed by atoms with E-state index in [0.717, 1.165) is 0 Å². The average molecular weight is 255 g/mol. The van der Waals surface area contributed by atoms with Gasteiger partial charge in [0.25, 0.3) is 0 Å². The van der Waals surface area contributed by atoms with E-state index in [2.05, 4.69) is 4.74 Å². The summed E-state index contributed by atoms with van der Waals surface area (Å²) in [4.78, 5) is 10.8. The van der Waals surface area contributed by atoms with Crippen molar-refractivity contribution >= 4 is 5.97 Å². The Morgan fingerprint density at radius 3 is 2.78 bits per heavy atom. The molecule has 18 heavy (non-hydrogen) atoms. The zero-order chi connectivity index (χ0) is 13.5. The van der Waals surface area contributed by atoms with Crippen molar-refractivity contribution in [3.8, 4) is 5.75 Å². The number of carbonyl (C=O) groups is 1. The van der Waals surface area contributed by atoms with Crippen molar-refractivity contribution in [1.82, 2.24) is 0 Å². The van der Waals surface area contributed by atoms with Gasteiger partial charge < -0.3 is 15.2 Å².